The van der Waals surface area contributed by atoms with E-state index in [1.54, 1.807) is 0 Å². The van der Waals surface area contributed by atoms with Crippen molar-refractivity contribution in [1.82, 2.24) is 5.32 Å². The minimum Gasteiger partial charge on any atom is -0.394 e. The smallest absolute Gasteiger partial charge is 0.0618 e. The summed E-state index contributed by atoms with van der Waals surface area (Å²) in [4.78, 5) is 0. The van der Waals surface area contributed by atoms with Gasteiger partial charge in [0.25, 0.3) is 0 Å². The van der Waals surface area contributed by atoms with Crippen molar-refractivity contribution in [3.63, 3.8) is 0 Å². The molecule has 0 radical (unpaired) electrons. The Hall–Kier alpha value is -0.0800. The number of hydrogen-bond acceptors (Lipinski definition) is 2. The Labute approximate surface area is 88.1 Å². The van der Waals surface area contributed by atoms with E-state index < -0.39 is 0 Å². The molecule has 1 rings (SSSR count). The lowest BCUT2D eigenvalue weighted by Crippen LogP contribution is -2.56. The van der Waals surface area contributed by atoms with Crippen LogP contribution in [0.3, 0.4) is 0 Å². The zero-order chi connectivity index (χ0) is 10.8. The first-order chi connectivity index (χ1) is 6.43. The van der Waals surface area contributed by atoms with Crippen LogP contribution in [0.1, 0.15) is 47.0 Å². The van der Waals surface area contributed by atoms with Gasteiger partial charge in [-0.05, 0) is 30.7 Å². The summed E-state index contributed by atoms with van der Waals surface area (Å²) in [6.07, 6.45) is 3.57. The van der Waals surface area contributed by atoms with E-state index in [1.165, 1.54) is 12.8 Å². The van der Waals surface area contributed by atoms with Crippen molar-refractivity contribution in [2.24, 2.45) is 11.3 Å². The minimum atomic E-state index is -0.0305. The molecule has 1 saturated carbocycles. The number of aliphatic hydroxyl groups is 1. The Kier molecular flexibility index (Phi) is 3.59. The maximum absolute atomic E-state index is 9.60. The fourth-order valence-corrected chi connectivity index (χ4v) is 2.49. The second-order valence-electron chi connectivity index (χ2n) is 5.75. The van der Waals surface area contributed by atoms with Crippen LogP contribution in [0.25, 0.3) is 0 Å². The standard InChI is InChI=1S/C12H25NO/c1-10(2)8-13-12(9-14)7-5-6-11(12,3)4/h10,13-14H,5-9H2,1-4H3. The number of aliphatic hydroxyl groups excluding tert-OH is 1. The van der Waals surface area contributed by atoms with Gasteiger partial charge < -0.3 is 10.4 Å². The Balaban J connectivity index is 2.66. The van der Waals surface area contributed by atoms with E-state index in [4.69, 9.17) is 0 Å². The largest absolute Gasteiger partial charge is 0.394 e. The van der Waals surface area contributed by atoms with E-state index >= 15 is 0 Å². The van der Waals surface area contributed by atoms with Gasteiger partial charge in [0.2, 0.25) is 0 Å². The summed E-state index contributed by atoms with van der Waals surface area (Å²) in [5, 5.41) is 13.2. The second-order valence-corrected chi connectivity index (χ2v) is 5.75. The van der Waals surface area contributed by atoms with Crippen LogP contribution in [0.4, 0.5) is 0 Å². The molecule has 2 heteroatoms. The summed E-state index contributed by atoms with van der Waals surface area (Å²) < 4.78 is 0. The minimum absolute atomic E-state index is 0.0305. The molecule has 0 aromatic heterocycles. The highest BCUT2D eigenvalue weighted by Crippen LogP contribution is 2.45. The van der Waals surface area contributed by atoms with Gasteiger partial charge in [0, 0.05) is 5.54 Å². The summed E-state index contributed by atoms with van der Waals surface area (Å²) in [5.74, 6) is 0.648. The highest BCUT2D eigenvalue weighted by molar-refractivity contribution is 5.04. The summed E-state index contributed by atoms with van der Waals surface area (Å²) >= 11 is 0. The van der Waals surface area contributed by atoms with Crippen molar-refractivity contribution in [1.29, 1.82) is 0 Å². The molecular formula is C12H25NO. The molecule has 0 heterocycles. The molecule has 1 aliphatic rings. The van der Waals surface area contributed by atoms with Gasteiger partial charge in [-0.3, -0.25) is 0 Å². The summed E-state index contributed by atoms with van der Waals surface area (Å²) in [5.41, 5.74) is 0.202. The van der Waals surface area contributed by atoms with Gasteiger partial charge in [-0.2, -0.15) is 0 Å². The van der Waals surface area contributed by atoms with Gasteiger partial charge in [0.1, 0.15) is 0 Å². The molecule has 0 aliphatic heterocycles. The van der Waals surface area contributed by atoms with Gasteiger partial charge in [-0.1, -0.05) is 34.1 Å². The Morgan fingerprint density at radius 2 is 1.93 bits per heavy atom. The molecule has 0 saturated heterocycles. The predicted molar refractivity (Wildman–Crippen MR) is 60.3 cm³/mol. The van der Waals surface area contributed by atoms with E-state index in [0.29, 0.717) is 5.92 Å². The Morgan fingerprint density at radius 1 is 1.29 bits per heavy atom. The van der Waals surface area contributed by atoms with Crippen LogP contribution < -0.4 is 5.32 Å². The number of hydrogen-bond donors (Lipinski definition) is 2. The third kappa shape index (κ3) is 2.12. The molecule has 0 bridgehead atoms. The van der Waals surface area contributed by atoms with E-state index in [-0.39, 0.29) is 17.6 Å². The van der Waals surface area contributed by atoms with Crippen LogP contribution in [0.2, 0.25) is 0 Å². The van der Waals surface area contributed by atoms with E-state index in [0.717, 1.165) is 13.0 Å². The van der Waals surface area contributed by atoms with Gasteiger partial charge in [-0.15, -0.1) is 0 Å². The van der Waals surface area contributed by atoms with Crippen molar-refractivity contribution in [2.75, 3.05) is 13.2 Å². The molecule has 2 nitrogen and oxygen atoms in total. The van der Waals surface area contributed by atoms with Gasteiger partial charge in [0.05, 0.1) is 6.61 Å². The van der Waals surface area contributed by atoms with Crippen LogP contribution in [-0.4, -0.2) is 23.8 Å². The Bertz CT molecular complexity index is 189. The van der Waals surface area contributed by atoms with Crippen molar-refractivity contribution in [3.05, 3.63) is 0 Å². The zero-order valence-corrected chi connectivity index (χ0v) is 10.1. The van der Waals surface area contributed by atoms with Gasteiger partial charge in [0.15, 0.2) is 0 Å². The summed E-state index contributed by atoms with van der Waals surface area (Å²) in [6.45, 7) is 10.2. The van der Waals surface area contributed by atoms with Crippen molar-refractivity contribution in [2.45, 2.75) is 52.5 Å². The lowest BCUT2D eigenvalue weighted by atomic mass is 9.75. The van der Waals surface area contributed by atoms with Crippen molar-refractivity contribution >= 4 is 0 Å². The maximum atomic E-state index is 9.60. The van der Waals surface area contributed by atoms with Crippen LogP contribution >= 0.6 is 0 Å². The summed E-state index contributed by atoms with van der Waals surface area (Å²) in [7, 11) is 0. The molecule has 2 N–H and O–H groups in total. The van der Waals surface area contributed by atoms with E-state index in [1.807, 2.05) is 0 Å². The summed E-state index contributed by atoms with van der Waals surface area (Å²) in [6, 6.07) is 0. The lowest BCUT2D eigenvalue weighted by Gasteiger charge is -2.41. The maximum Gasteiger partial charge on any atom is 0.0618 e. The van der Waals surface area contributed by atoms with Crippen LogP contribution in [-0.2, 0) is 0 Å². The first-order valence-electron chi connectivity index (χ1n) is 5.79. The average Bonchev–Trinajstić information content (AvgIpc) is 2.38. The van der Waals surface area contributed by atoms with Crippen molar-refractivity contribution in [3.8, 4) is 0 Å². The van der Waals surface area contributed by atoms with Gasteiger partial charge in [-0.25, -0.2) is 0 Å². The molecule has 14 heavy (non-hydrogen) atoms. The predicted octanol–water partition coefficient (Wildman–Crippen LogP) is 2.17. The normalized spacial score (nSPS) is 31.3. The van der Waals surface area contributed by atoms with Crippen molar-refractivity contribution < 1.29 is 5.11 Å². The van der Waals surface area contributed by atoms with Gasteiger partial charge >= 0.3 is 0 Å². The molecule has 0 aromatic carbocycles. The average molecular weight is 199 g/mol. The molecule has 0 spiro atoms. The van der Waals surface area contributed by atoms with E-state index in [9.17, 15) is 5.11 Å². The molecule has 1 atom stereocenters. The lowest BCUT2D eigenvalue weighted by molar-refractivity contribution is 0.0725. The fourth-order valence-electron chi connectivity index (χ4n) is 2.49. The molecule has 1 fully saturated rings. The first-order valence-corrected chi connectivity index (χ1v) is 5.79. The molecule has 1 unspecified atom stereocenters. The molecule has 1 aliphatic carbocycles. The molecule has 0 amide bonds. The monoisotopic (exact) mass is 199 g/mol. The first kappa shape index (κ1) is 12.0. The second kappa shape index (κ2) is 4.19. The molecule has 0 aromatic rings. The third-order valence-corrected chi connectivity index (χ3v) is 3.82. The number of rotatable bonds is 4. The highest BCUT2D eigenvalue weighted by Gasteiger charge is 2.47. The van der Waals surface area contributed by atoms with Crippen LogP contribution in [0.15, 0.2) is 0 Å². The quantitative estimate of drug-likeness (QED) is 0.727. The van der Waals surface area contributed by atoms with E-state index in [2.05, 4.69) is 33.0 Å². The Morgan fingerprint density at radius 3 is 2.29 bits per heavy atom. The SMILES string of the molecule is CC(C)CNC1(CO)CCCC1(C)C. The van der Waals surface area contributed by atoms with Crippen LogP contribution in [0, 0.1) is 11.3 Å². The topological polar surface area (TPSA) is 32.3 Å². The molecule has 84 valence electrons. The van der Waals surface area contributed by atoms with Crippen LogP contribution in [0.5, 0.6) is 0 Å². The fraction of sp³-hybridized carbons (Fsp3) is 1.00. The third-order valence-electron chi connectivity index (χ3n) is 3.82. The highest BCUT2D eigenvalue weighted by atomic mass is 16.3. The zero-order valence-electron chi connectivity index (χ0n) is 10.1. The molecular weight excluding hydrogens is 174 g/mol. The number of nitrogens with one attached hydrogen (secondary N) is 1.